The van der Waals surface area contributed by atoms with Crippen LogP contribution in [0.2, 0.25) is 0 Å². The quantitative estimate of drug-likeness (QED) is 0.766. The van der Waals surface area contributed by atoms with E-state index in [0.717, 1.165) is 35.1 Å². The van der Waals surface area contributed by atoms with Crippen LogP contribution in [0.4, 0.5) is 17.3 Å². The van der Waals surface area contributed by atoms with E-state index in [9.17, 15) is 0 Å². The van der Waals surface area contributed by atoms with Crippen molar-refractivity contribution in [3.05, 3.63) is 48.5 Å². The highest BCUT2D eigenvalue weighted by Gasteiger charge is 2.05. The fourth-order valence-electron chi connectivity index (χ4n) is 2.28. The number of anilines is 3. The van der Waals surface area contributed by atoms with Crippen molar-refractivity contribution in [2.24, 2.45) is 0 Å². The summed E-state index contributed by atoms with van der Waals surface area (Å²) in [5, 5.41) is 5.50. The molecule has 0 bridgehead atoms. The van der Waals surface area contributed by atoms with Crippen molar-refractivity contribution in [1.82, 2.24) is 15.0 Å². The van der Waals surface area contributed by atoms with Gasteiger partial charge in [-0.1, -0.05) is 19.1 Å². The van der Waals surface area contributed by atoms with Crippen molar-refractivity contribution < 1.29 is 0 Å². The van der Waals surface area contributed by atoms with Crippen LogP contribution < -0.4 is 11.1 Å². The Morgan fingerprint density at radius 3 is 2.95 bits per heavy atom. The third-order valence-electron chi connectivity index (χ3n) is 3.21. The van der Waals surface area contributed by atoms with Gasteiger partial charge in [-0.25, -0.2) is 9.97 Å². The highest BCUT2D eigenvalue weighted by molar-refractivity contribution is 5.94. The van der Waals surface area contributed by atoms with E-state index in [1.165, 1.54) is 0 Å². The molecular weight excluding hydrogens is 262 g/mol. The summed E-state index contributed by atoms with van der Waals surface area (Å²) in [6, 6.07) is 9.79. The van der Waals surface area contributed by atoms with Crippen LogP contribution in [-0.2, 0) is 6.42 Å². The van der Waals surface area contributed by atoms with Crippen LogP contribution in [-0.4, -0.2) is 15.0 Å². The molecule has 0 aliphatic rings. The predicted molar refractivity (Wildman–Crippen MR) is 85.5 cm³/mol. The summed E-state index contributed by atoms with van der Waals surface area (Å²) in [7, 11) is 0. The van der Waals surface area contributed by atoms with Crippen LogP contribution in [0.25, 0.3) is 10.8 Å². The van der Waals surface area contributed by atoms with Gasteiger partial charge in [0.1, 0.15) is 17.5 Å². The number of aryl methyl sites for hydroxylation is 1. The average molecular weight is 279 g/mol. The Kier molecular flexibility index (Phi) is 3.64. The van der Waals surface area contributed by atoms with E-state index in [-0.39, 0.29) is 0 Å². The molecule has 0 radical (unpaired) electrons. The molecule has 0 atom stereocenters. The number of nitrogens with one attached hydrogen (secondary N) is 1. The fraction of sp³-hybridized carbons (Fsp3) is 0.188. The first kappa shape index (κ1) is 13.3. The summed E-state index contributed by atoms with van der Waals surface area (Å²) in [4.78, 5) is 12.9. The first-order valence-corrected chi connectivity index (χ1v) is 6.99. The first-order chi connectivity index (χ1) is 10.3. The minimum Gasteiger partial charge on any atom is -0.384 e. The number of hydrogen-bond acceptors (Lipinski definition) is 5. The van der Waals surface area contributed by atoms with Gasteiger partial charge >= 0.3 is 0 Å². The van der Waals surface area contributed by atoms with Crippen LogP contribution in [0.5, 0.6) is 0 Å². The fourth-order valence-corrected chi connectivity index (χ4v) is 2.28. The number of nitrogen functional groups attached to an aromatic ring is 1. The zero-order valence-electron chi connectivity index (χ0n) is 11.9. The number of aromatic nitrogens is 3. The van der Waals surface area contributed by atoms with E-state index in [4.69, 9.17) is 5.73 Å². The molecule has 3 aromatic rings. The summed E-state index contributed by atoms with van der Waals surface area (Å²) in [5.74, 6) is 1.95. The third kappa shape index (κ3) is 2.91. The van der Waals surface area contributed by atoms with E-state index in [1.54, 1.807) is 12.3 Å². The number of fused-ring (bicyclic) bond motifs is 1. The molecular formula is C16H17N5. The maximum atomic E-state index is 5.85. The maximum absolute atomic E-state index is 5.85. The summed E-state index contributed by atoms with van der Waals surface area (Å²) in [6.45, 7) is 2.09. The normalized spacial score (nSPS) is 10.7. The molecule has 0 amide bonds. The van der Waals surface area contributed by atoms with Gasteiger partial charge in [0.25, 0.3) is 0 Å². The minimum absolute atomic E-state index is 0.481. The second-order valence-electron chi connectivity index (χ2n) is 4.87. The zero-order valence-corrected chi connectivity index (χ0v) is 11.9. The summed E-state index contributed by atoms with van der Waals surface area (Å²) in [5.41, 5.74) is 6.81. The number of hydrogen-bond donors (Lipinski definition) is 2. The minimum atomic E-state index is 0.481. The molecule has 5 heteroatoms. The average Bonchev–Trinajstić information content (AvgIpc) is 2.47. The monoisotopic (exact) mass is 279 g/mol. The molecule has 106 valence electrons. The molecule has 0 aliphatic heterocycles. The molecule has 0 saturated heterocycles. The van der Waals surface area contributed by atoms with Gasteiger partial charge in [0, 0.05) is 36.0 Å². The second kappa shape index (κ2) is 5.75. The largest absolute Gasteiger partial charge is 0.384 e. The number of nitrogens with two attached hydrogens (primary N) is 1. The second-order valence-corrected chi connectivity index (χ2v) is 4.87. The molecule has 2 aromatic heterocycles. The topological polar surface area (TPSA) is 76.7 Å². The lowest BCUT2D eigenvalue weighted by Gasteiger charge is -2.10. The molecule has 2 heterocycles. The first-order valence-electron chi connectivity index (χ1n) is 6.99. The van der Waals surface area contributed by atoms with Gasteiger partial charge in [-0.2, -0.15) is 0 Å². The summed E-state index contributed by atoms with van der Waals surface area (Å²) >= 11 is 0. The van der Waals surface area contributed by atoms with E-state index in [2.05, 4.69) is 33.3 Å². The van der Waals surface area contributed by atoms with Crippen LogP contribution >= 0.6 is 0 Å². The zero-order chi connectivity index (χ0) is 14.7. The van der Waals surface area contributed by atoms with Gasteiger partial charge in [-0.05, 0) is 23.9 Å². The SMILES string of the molecule is CCCc1nc(N)cc(Nc2cccc3ccncc23)n1. The number of nitrogens with zero attached hydrogens (tertiary/aromatic N) is 3. The Balaban J connectivity index is 1.98. The van der Waals surface area contributed by atoms with E-state index in [1.807, 2.05) is 24.4 Å². The van der Waals surface area contributed by atoms with Gasteiger partial charge < -0.3 is 11.1 Å². The van der Waals surface area contributed by atoms with Gasteiger partial charge in [-0.3, -0.25) is 4.98 Å². The van der Waals surface area contributed by atoms with Crippen LogP contribution in [0.15, 0.2) is 42.7 Å². The van der Waals surface area contributed by atoms with Gasteiger partial charge in [0.05, 0.1) is 0 Å². The Labute approximate surface area is 123 Å². The third-order valence-corrected chi connectivity index (χ3v) is 3.21. The molecule has 1 aromatic carbocycles. The predicted octanol–water partition coefficient (Wildman–Crippen LogP) is 3.30. The smallest absolute Gasteiger partial charge is 0.136 e. The number of rotatable bonds is 4. The Hall–Kier alpha value is -2.69. The van der Waals surface area contributed by atoms with Gasteiger partial charge in [0.2, 0.25) is 0 Å². The molecule has 0 saturated carbocycles. The van der Waals surface area contributed by atoms with E-state index in [0.29, 0.717) is 11.6 Å². The summed E-state index contributed by atoms with van der Waals surface area (Å²) < 4.78 is 0. The Morgan fingerprint density at radius 1 is 1.19 bits per heavy atom. The molecule has 0 aliphatic carbocycles. The van der Waals surface area contributed by atoms with Crippen molar-refractivity contribution in [3.8, 4) is 0 Å². The van der Waals surface area contributed by atoms with E-state index < -0.39 is 0 Å². The number of pyridine rings is 1. The lowest BCUT2D eigenvalue weighted by molar-refractivity contribution is 0.839. The summed E-state index contributed by atoms with van der Waals surface area (Å²) in [6.07, 6.45) is 5.43. The van der Waals surface area contributed by atoms with Crippen molar-refractivity contribution in [2.75, 3.05) is 11.1 Å². The van der Waals surface area contributed by atoms with E-state index >= 15 is 0 Å². The molecule has 5 nitrogen and oxygen atoms in total. The Bertz CT molecular complexity index is 764. The lowest BCUT2D eigenvalue weighted by Crippen LogP contribution is -2.03. The van der Waals surface area contributed by atoms with Crippen molar-refractivity contribution in [1.29, 1.82) is 0 Å². The lowest BCUT2D eigenvalue weighted by atomic mass is 10.1. The molecule has 3 N–H and O–H groups in total. The van der Waals surface area contributed by atoms with Crippen LogP contribution in [0, 0.1) is 0 Å². The van der Waals surface area contributed by atoms with Crippen LogP contribution in [0.3, 0.4) is 0 Å². The maximum Gasteiger partial charge on any atom is 0.136 e. The molecule has 0 fully saturated rings. The van der Waals surface area contributed by atoms with Crippen molar-refractivity contribution >= 4 is 28.1 Å². The number of benzene rings is 1. The molecule has 0 spiro atoms. The van der Waals surface area contributed by atoms with Crippen molar-refractivity contribution in [3.63, 3.8) is 0 Å². The molecule has 21 heavy (non-hydrogen) atoms. The molecule has 0 unspecified atom stereocenters. The van der Waals surface area contributed by atoms with Gasteiger partial charge in [-0.15, -0.1) is 0 Å². The van der Waals surface area contributed by atoms with Crippen molar-refractivity contribution in [2.45, 2.75) is 19.8 Å². The molecule has 3 rings (SSSR count). The Morgan fingerprint density at radius 2 is 2.10 bits per heavy atom. The highest BCUT2D eigenvalue weighted by atomic mass is 15.1. The van der Waals surface area contributed by atoms with Gasteiger partial charge in [0.15, 0.2) is 0 Å². The highest BCUT2D eigenvalue weighted by Crippen LogP contribution is 2.25. The van der Waals surface area contributed by atoms with Crippen LogP contribution in [0.1, 0.15) is 19.2 Å². The standard InChI is InChI=1S/C16H17N5/c1-2-4-15-20-14(17)9-16(21-15)19-13-6-3-5-11-7-8-18-10-12(11)13/h3,5-10H,2,4H2,1H3,(H3,17,19,20,21).